The van der Waals surface area contributed by atoms with Crippen molar-refractivity contribution in [2.45, 2.75) is 19.8 Å². The number of aromatic nitrogens is 1. The molecular weight excluding hydrogens is 242 g/mol. The molecule has 0 spiro atoms. The van der Waals surface area contributed by atoms with Gasteiger partial charge in [-0.2, -0.15) is 0 Å². The largest absolute Gasteiger partial charge is 0.384 e. The van der Waals surface area contributed by atoms with E-state index >= 15 is 0 Å². The monoisotopic (exact) mass is 257 g/mol. The predicted octanol–water partition coefficient (Wildman–Crippen LogP) is 3.36. The molecular formula is C14H15N3O2. The van der Waals surface area contributed by atoms with E-state index in [1.807, 2.05) is 0 Å². The van der Waals surface area contributed by atoms with Gasteiger partial charge in [-0.05, 0) is 30.4 Å². The maximum Gasteiger partial charge on any atom is 0.277 e. The Labute approximate surface area is 110 Å². The number of benzene rings is 1. The van der Waals surface area contributed by atoms with Crippen LogP contribution in [-0.4, -0.2) is 16.5 Å². The van der Waals surface area contributed by atoms with Crippen molar-refractivity contribution in [2.24, 2.45) is 5.41 Å². The Morgan fingerprint density at radius 3 is 2.84 bits per heavy atom. The first kappa shape index (κ1) is 11.9. The lowest BCUT2D eigenvalue weighted by Crippen LogP contribution is -2.12. The van der Waals surface area contributed by atoms with Gasteiger partial charge >= 0.3 is 0 Å². The Morgan fingerprint density at radius 2 is 2.16 bits per heavy atom. The molecule has 98 valence electrons. The SMILES string of the molecule is CC1(CNc2ccc([N+](=O)[O-])c3ccncc23)CC1. The molecule has 1 heterocycles. The highest BCUT2D eigenvalue weighted by Gasteiger charge is 2.36. The van der Waals surface area contributed by atoms with Crippen LogP contribution < -0.4 is 5.32 Å². The number of rotatable bonds is 4. The molecule has 2 aromatic rings. The van der Waals surface area contributed by atoms with E-state index in [0.717, 1.165) is 17.6 Å². The van der Waals surface area contributed by atoms with Crippen LogP contribution in [0.5, 0.6) is 0 Å². The van der Waals surface area contributed by atoms with Gasteiger partial charge < -0.3 is 5.32 Å². The van der Waals surface area contributed by atoms with Crippen LogP contribution in [0.25, 0.3) is 10.8 Å². The lowest BCUT2D eigenvalue weighted by molar-refractivity contribution is -0.383. The molecule has 5 nitrogen and oxygen atoms in total. The lowest BCUT2D eigenvalue weighted by Gasteiger charge is -2.13. The maximum absolute atomic E-state index is 11.0. The molecule has 1 N–H and O–H groups in total. The van der Waals surface area contributed by atoms with Gasteiger partial charge in [-0.25, -0.2) is 0 Å². The Morgan fingerprint density at radius 1 is 1.37 bits per heavy atom. The number of nitro benzene ring substituents is 1. The standard InChI is InChI=1S/C14H15N3O2/c1-14(5-6-14)9-16-12-2-3-13(17(18)19)10-4-7-15-8-11(10)12/h2-4,7-8,16H,5-6,9H2,1H3. The first-order valence-electron chi connectivity index (χ1n) is 6.34. The van der Waals surface area contributed by atoms with Crippen molar-refractivity contribution in [3.05, 3.63) is 40.7 Å². The first-order valence-corrected chi connectivity index (χ1v) is 6.34. The van der Waals surface area contributed by atoms with Gasteiger partial charge in [0.25, 0.3) is 5.69 Å². The minimum atomic E-state index is -0.353. The molecule has 1 fully saturated rings. The van der Waals surface area contributed by atoms with E-state index in [1.165, 1.54) is 12.8 Å². The van der Waals surface area contributed by atoms with Crippen molar-refractivity contribution in [2.75, 3.05) is 11.9 Å². The van der Waals surface area contributed by atoms with Gasteiger partial charge in [0.15, 0.2) is 0 Å². The number of pyridine rings is 1. The van der Waals surface area contributed by atoms with Crippen LogP contribution in [0, 0.1) is 15.5 Å². The zero-order valence-corrected chi connectivity index (χ0v) is 10.7. The van der Waals surface area contributed by atoms with E-state index in [1.54, 1.807) is 30.6 Å². The van der Waals surface area contributed by atoms with Gasteiger partial charge in [-0.15, -0.1) is 0 Å². The third kappa shape index (κ3) is 2.23. The Hall–Kier alpha value is -2.17. The van der Waals surface area contributed by atoms with Gasteiger partial charge in [-0.1, -0.05) is 6.92 Å². The second kappa shape index (κ2) is 4.19. The molecule has 0 atom stereocenters. The molecule has 3 rings (SSSR count). The van der Waals surface area contributed by atoms with Crippen LogP contribution in [0.2, 0.25) is 0 Å². The number of nitrogens with one attached hydrogen (secondary N) is 1. The van der Waals surface area contributed by atoms with Crippen molar-refractivity contribution < 1.29 is 4.92 Å². The Bertz CT molecular complexity index is 650. The molecule has 1 aliphatic carbocycles. The molecule has 0 radical (unpaired) electrons. The molecule has 0 saturated heterocycles. The van der Waals surface area contributed by atoms with Crippen LogP contribution >= 0.6 is 0 Å². The van der Waals surface area contributed by atoms with E-state index in [4.69, 9.17) is 0 Å². The number of hydrogen-bond acceptors (Lipinski definition) is 4. The predicted molar refractivity (Wildman–Crippen MR) is 74.2 cm³/mol. The fourth-order valence-corrected chi connectivity index (χ4v) is 2.19. The summed E-state index contributed by atoms with van der Waals surface area (Å²) < 4.78 is 0. The highest BCUT2D eigenvalue weighted by atomic mass is 16.6. The summed E-state index contributed by atoms with van der Waals surface area (Å²) in [5.41, 5.74) is 1.43. The summed E-state index contributed by atoms with van der Waals surface area (Å²) in [6.45, 7) is 3.14. The fourth-order valence-electron chi connectivity index (χ4n) is 2.19. The molecule has 0 unspecified atom stereocenters. The van der Waals surface area contributed by atoms with E-state index < -0.39 is 0 Å². The minimum Gasteiger partial charge on any atom is -0.384 e. The molecule has 1 aromatic heterocycles. The highest BCUT2D eigenvalue weighted by molar-refractivity contribution is 5.99. The smallest absolute Gasteiger partial charge is 0.277 e. The highest BCUT2D eigenvalue weighted by Crippen LogP contribution is 2.45. The normalized spacial score (nSPS) is 16.3. The van der Waals surface area contributed by atoms with Crippen molar-refractivity contribution in [3.63, 3.8) is 0 Å². The summed E-state index contributed by atoms with van der Waals surface area (Å²) in [6, 6.07) is 5.02. The summed E-state index contributed by atoms with van der Waals surface area (Å²) in [5, 5.41) is 15.8. The van der Waals surface area contributed by atoms with Crippen molar-refractivity contribution in [3.8, 4) is 0 Å². The van der Waals surface area contributed by atoms with Crippen LogP contribution in [0.1, 0.15) is 19.8 Å². The zero-order chi connectivity index (χ0) is 13.5. The number of hydrogen-bond donors (Lipinski definition) is 1. The van der Waals surface area contributed by atoms with Crippen LogP contribution in [-0.2, 0) is 0 Å². The summed E-state index contributed by atoms with van der Waals surface area (Å²) in [5.74, 6) is 0. The molecule has 5 heteroatoms. The number of anilines is 1. The van der Waals surface area contributed by atoms with E-state index in [2.05, 4.69) is 17.2 Å². The van der Waals surface area contributed by atoms with E-state index in [0.29, 0.717) is 10.8 Å². The van der Waals surface area contributed by atoms with Crippen LogP contribution in [0.4, 0.5) is 11.4 Å². The van der Waals surface area contributed by atoms with Crippen molar-refractivity contribution >= 4 is 22.1 Å². The summed E-state index contributed by atoms with van der Waals surface area (Å²) in [7, 11) is 0. The minimum absolute atomic E-state index is 0.126. The number of nitrogens with zero attached hydrogens (tertiary/aromatic N) is 2. The molecule has 1 saturated carbocycles. The fraction of sp³-hybridized carbons (Fsp3) is 0.357. The zero-order valence-electron chi connectivity index (χ0n) is 10.7. The first-order chi connectivity index (χ1) is 9.09. The van der Waals surface area contributed by atoms with Gasteiger partial charge in [0.1, 0.15) is 0 Å². The quantitative estimate of drug-likeness (QED) is 0.673. The van der Waals surface area contributed by atoms with Gasteiger partial charge in [0, 0.05) is 36.1 Å². The molecule has 1 aromatic carbocycles. The third-order valence-corrected chi connectivity index (χ3v) is 3.80. The number of nitro groups is 1. The average molecular weight is 257 g/mol. The molecule has 0 amide bonds. The van der Waals surface area contributed by atoms with E-state index in [-0.39, 0.29) is 10.6 Å². The molecule has 0 aliphatic heterocycles. The second-order valence-electron chi connectivity index (χ2n) is 5.47. The summed E-state index contributed by atoms with van der Waals surface area (Å²) >= 11 is 0. The Kier molecular flexibility index (Phi) is 2.62. The lowest BCUT2D eigenvalue weighted by atomic mass is 10.1. The van der Waals surface area contributed by atoms with Crippen LogP contribution in [0.15, 0.2) is 30.6 Å². The van der Waals surface area contributed by atoms with Crippen LogP contribution in [0.3, 0.4) is 0 Å². The van der Waals surface area contributed by atoms with Gasteiger partial charge in [-0.3, -0.25) is 15.1 Å². The van der Waals surface area contributed by atoms with Gasteiger partial charge in [0.05, 0.1) is 10.3 Å². The third-order valence-electron chi connectivity index (χ3n) is 3.80. The topological polar surface area (TPSA) is 68.1 Å². The number of fused-ring (bicyclic) bond motifs is 1. The van der Waals surface area contributed by atoms with Crippen molar-refractivity contribution in [1.29, 1.82) is 0 Å². The Balaban J connectivity index is 2.01. The van der Waals surface area contributed by atoms with Crippen molar-refractivity contribution in [1.82, 2.24) is 4.98 Å². The average Bonchev–Trinajstić information content (AvgIpc) is 3.14. The summed E-state index contributed by atoms with van der Waals surface area (Å²) in [4.78, 5) is 14.7. The van der Waals surface area contributed by atoms with E-state index in [9.17, 15) is 10.1 Å². The summed E-state index contributed by atoms with van der Waals surface area (Å²) in [6.07, 6.45) is 5.74. The van der Waals surface area contributed by atoms with Gasteiger partial charge in [0.2, 0.25) is 0 Å². The molecule has 19 heavy (non-hydrogen) atoms. The maximum atomic E-state index is 11.0. The molecule has 1 aliphatic rings. The number of non-ortho nitro benzene ring substituents is 1. The molecule has 0 bridgehead atoms. The second-order valence-corrected chi connectivity index (χ2v) is 5.47.